The van der Waals surface area contributed by atoms with Crippen LogP contribution in [0.1, 0.15) is 69.9 Å². The minimum atomic E-state index is -0.785. The molecule has 2 aliphatic carbocycles. The summed E-state index contributed by atoms with van der Waals surface area (Å²) in [5, 5.41) is 0. The Morgan fingerprint density at radius 3 is 2.21 bits per heavy atom. The van der Waals surface area contributed by atoms with E-state index >= 15 is 0 Å². The van der Waals surface area contributed by atoms with E-state index in [1.54, 1.807) is 19.1 Å². The summed E-state index contributed by atoms with van der Waals surface area (Å²) in [7, 11) is 0. The highest BCUT2D eigenvalue weighted by molar-refractivity contribution is 5.65. The van der Waals surface area contributed by atoms with Gasteiger partial charge in [-0.1, -0.05) is 62.7 Å². The van der Waals surface area contributed by atoms with Gasteiger partial charge in [0.25, 0.3) is 0 Å². The van der Waals surface area contributed by atoms with Gasteiger partial charge in [0.05, 0.1) is 0 Å². The van der Waals surface area contributed by atoms with E-state index in [1.165, 1.54) is 5.56 Å². The predicted octanol–water partition coefficient (Wildman–Crippen LogP) is 9.44. The van der Waals surface area contributed by atoms with Gasteiger partial charge < -0.3 is 0 Å². The fourth-order valence-electron chi connectivity index (χ4n) is 5.46. The van der Waals surface area contributed by atoms with Crippen LogP contribution in [0.3, 0.4) is 0 Å². The summed E-state index contributed by atoms with van der Waals surface area (Å²) in [6.45, 7) is 3.82. The summed E-state index contributed by atoms with van der Waals surface area (Å²) in [6, 6.07) is 11.0. The molecule has 0 spiro atoms. The van der Waals surface area contributed by atoms with Crippen LogP contribution in [-0.4, -0.2) is 0 Å². The molecule has 2 aromatic rings. The van der Waals surface area contributed by atoms with E-state index < -0.39 is 23.3 Å². The smallest absolute Gasteiger partial charge is 0.166 e. The van der Waals surface area contributed by atoms with Crippen LogP contribution >= 0.6 is 0 Å². The summed E-state index contributed by atoms with van der Waals surface area (Å²) in [5.41, 5.74) is 3.12. The molecule has 0 aromatic heterocycles. The van der Waals surface area contributed by atoms with Crippen molar-refractivity contribution in [3.05, 3.63) is 82.5 Å². The van der Waals surface area contributed by atoms with Crippen molar-refractivity contribution in [2.24, 2.45) is 17.8 Å². The van der Waals surface area contributed by atoms with E-state index in [2.05, 4.69) is 6.92 Å². The fourth-order valence-corrected chi connectivity index (χ4v) is 5.46. The zero-order valence-electron chi connectivity index (χ0n) is 20.1. The zero-order chi connectivity index (χ0) is 24.2. The van der Waals surface area contributed by atoms with Crippen molar-refractivity contribution >= 4 is 0 Å². The van der Waals surface area contributed by atoms with E-state index in [0.29, 0.717) is 41.0 Å². The molecule has 1 atom stereocenters. The third kappa shape index (κ3) is 5.31. The van der Waals surface area contributed by atoms with Crippen LogP contribution < -0.4 is 0 Å². The number of hydrogen-bond donors (Lipinski definition) is 0. The van der Waals surface area contributed by atoms with E-state index in [0.717, 1.165) is 44.9 Å². The average molecular weight is 471 g/mol. The summed E-state index contributed by atoms with van der Waals surface area (Å²) in [5.74, 6) is -2.73. The van der Waals surface area contributed by atoms with Gasteiger partial charge in [0.2, 0.25) is 0 Å². The van der Waals surface area contributed by atoms with E-state index in [4.69, 9.17) is 0 Å². The molecule has 2 aromatic carbocycles. The topological polar surface area (TPSA) is 0 Å². The summed E-state index contributed by atoms with van der Waals surface area (Å²) in [6.07, 6.45) is 9.12. The van der Waals surface area contributed by atoms with Gasteiger partial charge in [0.15, 0.2) is 17.5 Å². The van der Waals surface area contributed by atoms with Crippen molar-refractivity contribution in [2.45, 2.75) is 71.6 Å². The molecule has 0 amide bonds. The normalized spacial score (nSPS) is 23.2. The predicted molar refractivity (Wildman–Crippen MR) is 131 cm³/mol. The molecule has 1 unspecified atom stereocenters. The zero-order valence-corrected chi connectivity index (χ0v) is 20.1. The first kappa shape index (κ1) is 24.8. The molecular formula is C30H34F4. The van der Waals surface area contributed by atoms with Crippen molar-refractivity contribution < 1.29 is 17.6 Å². The maximum atomic E-state index is 14.9. The summed E-state index contributed by atoms with van der Waals surface area (Å²) < 4.78 is 58.1. The number of rotatable bonds is 7. The maximum Gasteiger partial charge on any atom is 0.166 e. The Morgan fingerprint density at radius 2 is 1.53 bits per heavy atom. The van der Waals surface area contributed by atoms with Crippen LogP contribution in [0.4, 0.5) is 17.6 Å². The van der Waals surface area contributed by atoms with Crippen LogP contribution in [0.25, 0.3) is 11.1 Å². The minimum absolute atomic E-state index is 0.0617. The Morgan fingerprint density at radius 1 is 0.824 bits per heavy atom. The van der Waals surface area contributed by atoms with Gasteiger partial charge in [-0.3, -0.25) is 0 Å². The molecular weight excluding hydrogens is 436 g/mol. The highest BCUT2D eigenvalue weighted by atomic mass is 19.2. The highest BCUT2D eigenvalue weighted by Crippen LogP contribution is 2.42. The Bertz CT molecular complexity index is 1060. The summed E-state index contributed by atoms with van der Waals surface area (Å²) in [4.78, 5) is 0. The molecule has 0 aliphatic heterocycles. The van der Waals surface area contributed by atoms with Crippen LogP contribution in [0, 0.1) is 29.4 Å². The van der Waals surface area contributed by atoms with Gasteiger partial charge in [-0.2, -0.15) is 0 Å². The van der Waals surface area contributed by atoms with E-state index in [1.807, 2.05) is 30.3 Å². The van der Waals surface area contributed by atoms with E-state index in [9.17, 15) is 17.6 Å². The molecule has 4 rings (SSSR count). The number of benzene rings is 2. The van der Waals surface area contributed by atoms with Crippen molar-refractivity contribution in [1.29, 1.82) is 0 Å². The molecule has 1 fully saturated rings. The molecule has 0 saturated heterocycles. The molecule has 4 heteroatoms. The minimum Gasteiger partial charge on any atom is -0.208 e. The van der Waals surface area contributed by atoms with E-state index in [-0.39, 0.29) is 11.8 Å². The molecule has 1 saturated carbocycles. The Balaban J connectivity index is 1.34. The lowest BCUT2D eigenvalue weighted by atomic mass is 9.75. The quantitative estimate of drug-likeness (QED) is 0.354. The fraction of sp³-hybridized carbons (Fsp3) is 0.467. The Kier molecular flexibility index (Phi) is 7.95. The SMILES string of the molecule is CCCc1ccc(-c2ccc(CCC3CCC(C4=CCC(C)C(F)=C4F)CC3)c(F)c2F)cc1. The monoisotopic (exact) mass is 470 g/mol. The van der Waals surface area contributed by atoms with Crippen molar-refractivity contribution in [2.75, 3.05) is 0 Å². The van der Waals surface area contributed by atoms with Crippen molar-refractivity contribution in [3.63, 3.8) is 0 Å². The van der Waals surface area contributed by atoms with Gasteiger partial charge >= 0.3 is 0 Å². The second-order valence-corrected chi connectivity index (χ2v) is 10.1. The van der Waals surface area contributed by atoms with Gasteiger partial charge in [-0.15, -0.1) is 0 Å². The van der Waals surface area contributed by atoms with Crippen LogP contribution in [0.2, 0.25) is 0 Å². The Hall–Kier alpha value is -2.36. The van der Waals surface area contributed by atoms with Crippen LogP contribution in [0.15, 0.2) is 59.7 Å². The average Bonchev–Trinajstić information content (AvgIpc) is 2.85. The number of aryl methyl sites for hydroxylation is 2. The molecule has 182 valence electrons. The first-order valence-electron chi connectivity index (χ1n) is 12.7. The largest absolute Gasteiger partial charge is 0.208 e. The highest BCUT2D eigenvalue weighted by Gasteiger charge is 2.30. The molecule has 34 heavy (non-hydrogen) atoms. The lowest BCUT2D eigenvalue weighted by molar-refractivity contribution is 0.280. The molecule has 2 aliphatic rings. The molecule has 0 bridgehead atoms. The van der Waals surface area contributed by atoms with Gasteiger partial charge in [0, 0.05) is 11.5 Å². The number of allylic oxidation sites excluding steroid dienone is 4. The summed E-state index contributed by atoms with van der Waals surface area (Å²) >= 11 is 0. The maximum absolute atomic E-state index is 14.9. The molecule has 0 radical (unpaired) electrons. The second kappa shape index (κ2) is 10.9. The standard InChI is InChI=1S/C30H34F4/c1-3-4-20-6-11-23(12-7-20)26-18-16-24(28(32)30(26)34)15-10-21-8-13-22(14-9-21)25-17-5-19(2)27(31)29(25)33/h6-7,11-12,16-19,21-22H,3-5,8-10,13-15H2,1-2H3. The first-order chi connectivity index (χ1) is 16.4. The van der Waals surface area contributed by atoms with Gasteiger partial charge in [0.1, 0.15) is 5.83 Å². The third-order valence-electron chi connectivity index (χ3n) is 7.66. The van der Waals surface area contributed by atoms with Crippen molar-refractivity contribution in [3.8, 4) is 11.1 Å². The third-order valence-corrected chi connectivity index (χ3v) is 7.66. The van der Waals surface area contributed by atoms with Crippen LogP contribution in [-0.2, 0) is 12.8 Å². The molecule has 0 N–H and O–H groups in total. The number of hydrogen-bond acceptors (Lipinski definition) is 0. The molecule has 0 heterocycles. The van der Waals surface area contributed by atoms with Crippen LogP contribution in [0.5, 0.6) is 0 Å². The second-order valence-electron chi connectivity index (χ2n) is 10.1. The first-order valence-corrected chi connectivity index (χ1v) is 12.7. The Labute approximate surface area is 200 Å². The molecule has 0 nitrogen and oxygen atoms in total. The number of halogens is 4. The van der Waals surface area contributed by atoms with Gasteiger partial charge in [-0.25, -0.2) is 17.6 Å². The lowest BCUT2D eigenvalue weighted by Gasteiger charge is -2.31. The lowest BCUT2D eigenvalue weighted by Crippen LogP contribution is -2.19. The van der Waals surface area contributed by atoms with Crippen molar-refractivity contribution in [1.82, 2.24) is 0 Å². The van der Waals surface area contributed by atoms with Gasteiger partial charge in [-0.05, 0) is 85.5 Å².